The molecule has 1 unspecified atom stereocenters. The molecule has 9 heteroatoms. The van der Waals surface area contributed by atoms with E-state index in [1.54, 1.807) is 0 Å². The van der Waals surface area contributed by atoms with Crippen molar-refractivity contribution < 1.29 is 26.3 Å². The van der Waals surface area contributed by atoms with Gasteiger partial charge in [-0.15, -0.1) is 13.2 Å². The molecule has 1 aliphatic carbocycles. The molecular formula is C14H19F3N2O3S. The Morgan fingerprint density at radius 2 is 1.87 bits per heavy atom. The van der Waals surface area contributed by atoms with Crippen molar-refractivity contribution >= 4 is 10.0 Å². The minimum Gasteiger partial charge on any atom is -0.404 e. The monoisotopic (exact) mass is 352 g/mol. The molecule has 0 saturated heterocycles. The number of nitrogens with two attached hydrogens (primary N) is 1. The van der Waals surface area contributed by atoms with E-state index in [0.29, 0.717) is 0 Å². The van der Waals surface area contributed by atoms with E-state index < -0.39 is 33.1 Å². The van der Waals surface area contributed by atoms with Gasteiger partial charge in [-0.3, -0.25) is 0 Å². The van der Waals surface area contributed by atoms with Crippen LogP contribution in [-0.2, 0) is 10.0 Å². The minimum absolute atomic E-state index is 0.0895. The van der Waals surface area contributed by atoms with Crippen LogP contribution in [0.25, 0.3) is 0 Å². The van der Waals surface area contributed by atoms with Crippen molar-refractivity contribution in [3.8, 4) is 5.75 Å². The number of nitrogens with one attached hydrogen (secondary N) is 1. The van der Waals surface area contributed by atoms with Gasteiger partial charge in [0.25, 0.3) is 0 Å². The van der Waals surface area contributed by atoms with E-state index >= 15 is 0 Å². The molecule has 0 spiro atoms. The normalized spacial score (nSPS) is 18.1. The largest absolute Gasteiger partial charge is 0.573 e. The Kier molecular flexibility index (Phi) is 5.53. The second-order valence-electron chi connectivity index (χ2n) is 5.50. The molecule has 23 heavy (non-hydrogen) atoms. The molecule has 0 aromatic heterocycles. The van der Waals surface area contributed by atoms with Crippen LogP contribution in [0, 0.1) is 5.92 Å². The van der Waals surface area contributed by atoms with Crippen LogP contribution < -0.4 is 15.2 Å². The SMILES string of the molecule is NCC(NS(=O)(=O)c1ccccc1OC(F)(F)F)C1CCCC1. The van der Waals surface area contributed by atoms with Crippen LogP contribution in [0.2, 0.25) is 0 Å². The lowest BCUT2D eigenvalue weighted by atomic mass is 9.99. The highest BCUT2D eigenvalue weighted by Gasteiger charge is 2.35. The summed E-state index contributed by atoms with van der Waals surface area (Å²) in [5.74, 6) is -0.653. The second-order valence-corrected chi connectivity index (χ2v) is 7.18. The predicted molar refractivity (Wildman–Crippen MR) is 78.2 cm³/mol. The zero-order valence-electron chi connectivity index (χ0n) is 12.3. The van der Waals surface area contributed by atoms with Gasteiger partial charge in [0.1, 0.15) is 10.6 Å². The van der Waals surface area contributed by atoms with Crippen molar-refractivity contribution in [2.45, 2.75) is 43.0 Å². The minimum atomic E-state index is -4.97. The number of sulfonamides is 1. The first-order valence-electron chi connectivity index (χ1n) is 7.30. The summed E-state index contributed by atoms with van der Waals surface area (Å²) in [6.07, 6.45) is -1.27. The van der Waals surface area contributed by atoms with Crippen LogP contribution >= 0.6 is 0 Å². The van der Waals surface area contributed by atoms with Crippen molar-refractivity contribution in [2.75, 3.05) is 6.54 Å². The fourth-order valence-electron chi connectivity index (χ4n) is 2.84. The molecule has 0 bridgehead atoms. The van der Waals surface area contributed by atoms with Crippen molar-refractivity contribution in [1.29, 1.82) is 0 Å². The highest BCUT2D eigenvalue weighted by molar-refractivity contribution is 7.89. The summed E-state index contributed by atoms with van der Waals surface area (Å²) in [6, 6.07) is 4.16. The van der Waals surface area contributed by atoms with E-state index in [2.05, 4.69) is 9.46 Å². The molecule has 1 atom stereocenters. The maximum Gasteiger partial charge on any atom is 0.573 e. The van der Waals surface area contributed by atoms with Gasteiger partial charge in [0.2, 0.25) is 10.0 Å². The first kappa shape index (κ1) is 18.0. The van der Waals surface area contributed by atoms with Crippen molar-refractivity contribution in [3.05, 3.63) is 24.3 Å². The summed E-state index contributed by atoms with van der Waals surface area (Å²) in [4.78, 5) is -0.547. The van der Waals surface area contributed by atoms with Crippen LogP contribution in [0.3, 0.4) is 0 Å². The van der Waals surface area contributed by atoms with Gasteiger partial charge in [0.15, 0.2) is 0 Å². The number of ether oxygens (including phenoxy) is 1. The summed E-state index contributed by atoms with van der Waals surface area (Å²) in [5, 5.41) is 0. The Morgan fingerprint density at radius 1 is 1.26 bits per heavy atom. The number of alkyl halides is 3. The third-order valence-electron chi connectivity index (χ3n) is 3.89. The van der Waals surface area contributed by atoms with E-state index in [4.69, 9.17) is 5.73 Å². The van der Waals surface area contributed by atoms with E-state index in [1.165, 1.54) is 12.1 Å². The smallest absolute Gasteiger partial charge is 0.404 e. The Labute approximate surface area is 133 Å². The van der Waals surface area contributed by atoms with E-state index in [1.807, 2.05) is 0 Å². The first-order chi connectivity index (χ1) is 10.7. The maximum absolute atomic E-state index is 12.5. The van der Waals surface area contributed by atoms with E-state index in [9.17, 15) is 21.6 Å². The van der Waals surface area contributed by atoms with Gasteiger partial charge in [-0.05, 0) is 30.9 Å². The topological polar surface area (TPSA) is 81.4 Å². The average Bonchev–Trinajstić information content (AvgIpc) is 2.97. The lowest BCUT2D eigenvalue weighted by molar-refractivity contribution is -0.275. The molecule has 0 aliphatic heterocycles. The molecule has 1 aromatic rings. The molecule has 0 heterocycles. The number of rotatable bonds is 6. The van der Waals surface area contributed by atoms with E-state index in [-0.39, 0.29) is 12.5 Å². The zero-order valence-corrected chi connectivity index (χ0v) is 13.2. The van der Waals surface area contributed by atoms with Crippen LogP contribution in [0.1, 0.15) is 25.7 Å². The predicted octanol–water partition coefficient (Wildman–Crippen LogP) is 2.38. The fraction of sp³-hybridized carbons (Fsp3) is 0.571. The molecule has 0 amide bonds. The Balaban J connectivity index is 2.25. The Bertz CT molecular complexity index is 628. The van der Waals surface area contributed by atoms with Gasteiger partial charge in [0.05, 0.1) is 0 Å². The van der Waals surface area contributed by atoms with Gasteiger partial charge in [0, 0.05) is 12.6 Å². The van der Waals surface area contributed by atoms with Gasteiger partial charge in [-0.2, -0.15) is 0 Å². The third kappa shape index (κ3) is 4.82. The molecule has 2 rings (SSSR count). The highest BCUT2D eigenvalue weighted by atomic mass is 32.2. The van der Waals surface area contributed by atoms with Gasteiger partial charge in [-0.1, -0.05) is 25.0 Å². The number of hydrogen-bond donors (Lipinski definition) is 2. The van der Waals surface area contributed by atoms with Crippen LogP contribution in [-0.4, -0.2) is 27.4 Å². The summed E-state index contributed by atoms with van der Waals surface area (Å²) >= 11 is 0. The summed E-state index contributed by atoms with van der Waals surface area (Å²) in [5.41, 5.74) is 5.64. The summed E-state index contributed by atoms with van der Waals surface area (Å²) in [7, 11) is -4.17. The van der Waals surface area contributed by atoms with Crippen molar-refractivity contribution in [3.63, 3.8) is 0 Å². The molecule has 1 saturated carbocycles. The maximum atomic E-state index is 12.5. The van der Waals surface area contributed by atoms with Crippen LogP contribution in [0.5, 0.6) is 5.75 Å². The number of hydrogen-bond acceptors (Lipinski definition) is 4. The molecular weight excluding hydrogens is 333 g/mol. The highest BCUT2D eigenvalue weighted by Crippen LogP contribution is 2.31. The van der Waals surface area contributed by atoms with Gasteiger partial charge < -0.3 is 10.5 Å². The fourth-order valence-corrected chi connectivity index (χ4v) is 4.29. The van der Waals surface area contributed by atoms with Gasteiger partial charge in [-0.25, -0.2) is 13.1 Å². The van der Waals surface area contributed by atoms with Crippen LogP contribution in [0.4, 0.5) is 13.2 Å². The third-order valence-corrected chi connectivity index (χ3v) is 5.42. The molecule has 1 fully saturated rings. The zero-order chi connectivity index (χ0) is 17.1. The number of para-hydroxylation sites is 1. The Morgan fingerprint density at radius 3 is 2.43 bits per heavy atom. The number of benzene rings is 1. The quantitative estimate of drug-likeness (QED) is 0.824. The Hall–Kier alpha value is -1.32. The lowest BCUT2D eigenvalue weighted by Crippen LogP contribution is -2.44. The first-order valence-corrected chi connectivity index (χ1v) is 8.78. The molecule has 5 nitrogen and oxygen atoms in total. The number of halogens is 3. The molecule has 3 N–H and O–H groups in total. The van der Waals surface area contributed by atoms with E-state index in [0.717, 1.165) is 37.8 Å². The summed E-state index contributed by atoms with van der Waals surface area (Å²) < 4.78 is 68.4. The molecule has 1 aliphatic rings. The summed E-state index contributed by atoms with van der Waals surface area (Å²) in [6.45, 7) is 0.0895. The standard InChI is InChI=1S/C14H19F3N2O3S/c15-14(16,17)22-12-7-3-4-8-13(12)23(20,21)19-11(9-18)10-5-1-2-6-10/h3-4,7-8,10-11,19H,1-2,5-6,9,18H2. The molecule has 0 radical (unpaired) electrons. The van der Waals surface area contributed by atoms with Crippen LogP contribution in [0.15, 0.2) is 29.2 Å². The van der Waals surface area contributed by atoms with Crippen molar-refractivity contribution in [2.24, 2.45) is 11.7 Å². The average molecular weight is 352 g/mol. The van der Waals surface area contributed by atoms with Gasteiger partial charge >= 0.3 is 6.36 Å². The molecule has 130 valence electrons. The molecule has 1 aromatic carbocycles. The lowest BCUT2D eigenvalue weighted by Gasteiger charge is -2.23. The second kappa shape index (κ2) is 7.06. The van der Waals surface area contributed by atoms with Crippen molar-refractivity contribution in [1.82, 2.24) is 4.72 Å².